The summed E-state index contributed by atoms with van der Waals surface area (Å²) >= 11 is 0. The molecule has 0 bridgehead atoms. The zero-order valence-electron chi connectivity index (χ0n) is 7.94. The predicted molar refractivity (Wildman–Crippen MR) is 48.9 cm³/mol. The van der Waals surface area contributed by atoms with Gasteiger partial charge in [0.1, 0.15) is 5.78 Å². The van der Waals surface area contributed by atoms with E-state index in [0.717, 1.165) is 6.42 Å². The largest absolute Gasteiger partial charge is 0.299 e. The zero-order valence-corrected chi connectivity index (χ0v) is 7.94. The average Bonchev–Trinajstić information content (AvgIpc) is 2.37. The summed E-state index contributed by atoms with van der Waals surface area (Å²) in [6.07, 6.45) is 8.65. The molecule has 1 atom stereocenters. The summed E-state index contributed by atoms with van der Waals surface area (Å²) in [6, 6.07) is 0. The number of Topliss-reactive ketones (excluding diaryl/α,β-unsaturated/α-hetero) is 1. The zero-order chi connectivity index (χ0) is 8.60. The van der Waals surface area contributed by atoms with Crippen molar-refractivity contribution in [3.63, 3.8) is 0 Å². The second-order valence-corrected chi connectivity index (χ2v) is 4.64. The van der Waals surface area contributed by atoms with Crippen LogP contribution in [-0.4, -0.2) is 5.78 Å². The number of carbonyl (C=O) groups excluding carboxylic acids is 1. The van der Waals surface area contributed by atoms with Crippen LogP contribution in [0.2, 0.25) is 0 Å². The maximum absolute atomic E-state index is 11.9. The normalized spacial score (nSPS) is 34.4. The smallest absolute Gasteiger partial charge is 0.141 e. The van der Waals surface area contributed by atoms with Crippen molar-refractivity contribution in [2.45, 2.75) is 51.9 Å². The molecule has 1 heteroatoms. The van der Waals surface area contributed by atoms with E-state index >= 15 is 0 Å². The lowest BCUT2D eigenvalue weighted by molar-refractivity contribution is -0.130. The van der Waals surface area contributed by atoms with Crippen LogP contribution in [0, 0.1) is 11.3 Å². The second-order valence-electron chi connectivity index (χ2n) is 4.64. The van der Waals surface area contributed by atoms with Gasteiger partial charge in [-0.05, 0) is 25.7 Å². The van der Waals surface area contributed by atoms with Crippen molar-refractivity contribution >= 4 is 5.78 Å². The first-order chi connectivity index (χ1) is 5.75. The van der Waals surface area contributed by atoms with Gasteiger partial charge in [0, 0.05) is 11.3 Å². The Kier molecular flexibility index (Phi) is 1.97. The number of rotatable bonds is 0. The lowest BCUT2D eigenvalue weighted by Crippen LogP contribution is -2.30. The van der Waals surface area contributed by atoms with Crippen LogP contribution in [0.4, 0.5) is 0 Å². The molecule has 0 aromatic heterocycles. The van der Waals surface area contributed by atoms with Crippen molar-refractivity contribution in [1.82, 2.24) is 0 Å². The van der Waals surface area contributed by atoms with Gasteiger partial charge in [0.25, 0.3) is 0 Å². The Morgan fingerprint density at radius 2 is 1.83 bits per heavy atom. The second kappa shape index (κ2) is 2.86. The van der Waals surface area contributed by atoms with Gasteiger partial charge in [-0.15, -0.1) is 0 Å². The first kappa shape index (κ1) is 8.28. The molecule has 2 aliphatic carbocycles. The average molecular weight is 166 g/mol. The van der Waals surface area contributed by atoms with Crippen LogP contribution in [0.15, 0.2) is 0 Å². The molecule has 2 aliphatic rings. The van der Waals surface area contributed by atoms with Crippen molar-refractivity contribution < 1.29 is 4.79 Å². The van der Waals surface area contributed by atoms with E-state index in [0.29, 0.717) is 11.7 Å². The maximum atomic E-state index is 11.9. The van der Waals surface area contributed by atoms with Crippen LogP contribution < -0.4 is 0 Å². The molecule has 12 heavy (non-hydrogen) atoms. The van der Waals surface area contributed by atoms with E-state index in [1.165, 1.54) is 38.5 Å². The van der Waals surface area contributed by atoms with Crippen LogP contribution >= 0.6 is 0 Å². The van der Waals surface area contributed by atoms with Crippen LogP contribution in [0.5, 0.6) is 0 Å². The molecule has 2 saturated carbocycles. The molecule has 0 radical (unpaired) electrons. The minimum Gasteiger partial charge on any atom is -0.299 e. The van der Waals surface area contributed by atoms with Crippen LogP contribution in [-0.2, 0) is 4.79 Å². The Morgan fingerprint density at radius 1 is 1.17 bits per heavy atom. The fourth-order valence-electron chi connectivity index (χ4n) is 2.99. The summed E-state index contributed by atoms with van der Waals surface area (Å²) in [6.45, 7) is 2.10. The molecule has 0 saturated heterocycles. The van der Waals surface area contributed by atoms with Gasteiger partial charge in [0.05, 0.1) is 0 Å². The molecular weight excluding hydrogens is 148 g/mol. The van der Waals surface area contributed by atoms with Gasteiger partial charge in [-0.25, -0.2) is 0 Å². The Labute approximate surface area is 74.5 Å². The summed E-state index contributed by atoms with van der Waals surface area (Å²) in [5.41, 5.74) is 0.164. The monoisotopic (exact) mass is 166 g/mol. The molecule has 1 nitrogen and oxygen atoms in total. The minimum absolute atomic E-state index is 0.164. The summed E-state index contributed by atoms with van der Waals surface area (Å²) in [7, 11) is 0. The van der Waals surface area contributed by atoms with Gasteiger partial charge in [-0.2, -0.15) is 0 Å². The van der Waals surface area contributed by atoms with E-state index in [2.05, 4.69) is 6.92 Å². The third-order valence-corrected chi connectivity index (χ3v) is 3.84. The highest BCUT2D eigenvalue weighted by Crippen LogP contribution is 2.48. The number of ketones is 1. The fraction of sp³-hybridized carbons (Fsp3) is 0.909. The van der Waals surface area contributed by atoms with Gasteiger partial charge in [-0.3, -0.25) is 4.79 Å². The topological polar surface area (TPSA) is 17.1 Å². The maximum Gasteiger partial charge on any atom is 0.141 e. The summed E-state index contributed by atoms with van der Waals surface area (Å²) in [4.78, 5) is 11.9. The van der Waals surface area contributed by atoms with Crippen LogP contribution in [0.25, 0.3) is 0 Å². The Balaban J connectivity index is 2.14. The Morgan fingerprint density at radius 3 is 2.33 bits per heavy atom. The number of hydrogen-bond acceptors (Lipinski definition) is 1. The fourth-order valence-corrected chi connectivity index (χ4v) is 2.99. The number of carbonyl (C=O) groups is 1. The highest BCUT2D eigenvalue weighted by atomic mass is 16.1. The van der Waals surface area contributed by atoms with Gasteiger partial charge < -0.3 is 0 Å². The van der Waals surface area contributed by atoms with E-state index in [4.69, 9.17) is 0 Å². The van der Waals surface area contributed by atoms with Crippen molar-refractivity contribution in [3.05, 3.63) is 0 Å². The molecule has 0 aromatic rings. The van der Waals surface area contributed by atoms with Gasteiger partial charge >= 0.3 is 0 Å². The molecule has 1 unspecified atom stereocenters. The van der Waals surface area contributed by atoms with Crippen molar-refractivity contribution in [3.8, 4) is 0 Å². The van der Waals surface area contributed by atoms with Crippen LogP contribution in [0.3, 0.4) is 0 Å². The number of hydrogen-bond donors (Lipinski definition) is 0. The first-order valence-electron chi connectivity index (χ1n) is 5.29. The molecule has 0 heterocycles. The van der Waals surface area contributed by atoms with Crippen molar-refractivity contribution in [2.24, 2.45) is 11.3 Å². The van der Waals surface area contributed by atoms with E-state index < -0.39 is 0 Å². The quantitative estimate of drug-likeness (QED) is 0.540. The Hall–Kier alpha value is -0.330. The molecule has 0 aromatic carbocycles. The van der Waals surface area contributed by atoms with E-state index in [1.807, 2.05) is 0 Å². The Bertz CT molecular complexity index is 184. The summed E-state index contributed by atoms with van der Waals surface area (Å²) < 4.78 is 0. The molecule has 0 amide bonds. The van der Waals surface area contributed by atoms with Gasteiger partial charge in [-0.1, -0.05) is 26.2 Å². The molecule has 0 aliphatic heterocycles. The SMILES string of the molecule is CC1CCC2(CCCCC2)C1=O. The highest BCUT2D eigenvalue weighted by Gasteiger charge is 2.45. The summed E-state index contributed by atoms with van der Waals surface area (Å²) in [5.74, 6) is 0.949. The highest BCUT2D eigenvalue weighted by molar-refractivity contribution is 5.88. The minimum atomic E-state index is 0.164. The van der Waals surface area contributed by atoms with Crippen molar-refractivity contribution in [2.75, 3.05) is 0 Å². The van der Waals surface area contributed by atoms with E-state index in [-0.39, 0.29) is 5.41 Å². The van der Waals surface area contributed by atoms with Gasteiger partial charge in [0.2, 0.25) is 0 Å². The van der Waals surface area contributed by atoms with Crippen LogP contribution in [0.1, 0.15) is 51.9 Å². The summed E-state index contributed by atoms with van der Waals surface area (Å²) in [5, 5.41) is 0. The lowest BCUT2D eigenvalue weighted by Gasteiger charge is -2.31. The predicted octanol–water partition coefficient (Wildman–Crippen LogP) is 2.94. The standard InChI is InChI=1S/C11H18O/c1-9-5-8-11(10(9)12)6-3-2-4-7-11/h9H,2-8H2,1H3. The van der Waals surface area contributed by atoms with Crippen molar-refractivity contribution in [1.29, 1.82) is 0 Å². The molecule has 0 N–H and O–H groups in total. The molecule has 2 fully saturated rings. The third-order valence-electron chi connectivity index (χ3n) is 3.84. The molecule has 2 rings (SSSR count). The van der Waals surface area contributed by atoms with Gasteiger partial charge in [0.15, 0.2) is 0 Å². The lowest BCUT2D eigenvalue weighted by atomic mass is 9.72. The van der Waals surface area contributed by atoms with E-state index in [9.17, 15) is 4.79 Å². The molecular formula is C11H18O. The first-order valence-corrected chi connectivity index (χ1v) is 5.29. The third kappa shape index (κ3) is 1.10. The molecule has 68 valence electrons. The van der Waals surface area contributed by atoms with E-state index in [1.54, 1.807) is 0 Å². The molecule has 1 spiro atoms.